The molecule has 0 fully saturated rings. The van der Waals surface area contributed by atoms with E-state index in [2.05, 4.69) is 17.0 Å². The molecule has 1 rings (SSSR count). The van der Waals surface area contributed by atoms with E-state index >= 15 is 0 Å². The van der Waals surface area contributed by atoms with Gasteiger partial charge >= 0.3 is 9.53 Å². The average Bonchev–Trinajstić information content (AvgIpc) is 2.41. The van der Waals surface area contributed by atoms with E-state index in [0.29, 0.717) is 19.8 Å². The maximum atomic E-state index is 5.22. The molecule has 0 aromatic heterocycles. The second kappa shape index (κ2) is 12.2. The molecule has 1 aromatic rings. The molecule has 0 aliphatic carbocycles. The SMILES string of the molecule is CCO[SiH](OCC)OCC.CN(C)c1ccccc1. The van der Waals surface area contributed by atoms with Gasteiger partial charge in [0.25, 0.3) is 0 Å². The Bertz CT molecular complexity index is 282. The van der Waals surface area contributed by atoms with Gasteiger partial charge in [-0.2, -0.15) is 0 Å². The van der Waals surface area contributed by atoms with Gasteiger partial charge in [0.05, 0.1) is 0 Å². The smallest absolute Gasteiger partial charge is 0.378 e. The first-order chi connectivity index (χ1) is 9.15. The second-order valence-corrected chi connectivity index (χ2v) is 5.46. The normalized spacial score (nSPS) is 10.0. The summed E-state index contributed by atoms with van der Waals surface area (Å²) in [5, 5.41) is 0. The zero-order valence-corrected chi connectivity index (χ0v) is 13.9. The summed E-state index contributed by atoms with van der Waals surface area (Å²) in [6, 6.07) is 10.3. The molecule has 0 atom stereocenters. The topological polar surface area (TPSA) is 30.9 Å². The third kappa shape index (κ3) is 9.67. The standard InChI is InChI=1S/C8H11N.C6H16O3Si/c1-9(2)8-6-4-3-5-7-8;1-4-7-10(8-5-2)9-6-3/h3-7H,1-2H3;10H,4-6H2,1-3H3. The molecule has 0 saturated heterocycles. The van der Waals surface area contributed by atoms with Gasteiger partial charge in [-0.1, -0.05) is 18.2 Å². The molecule has 0 heterocycles. The van der Waals surface area contributed by atoms with Gasteiger partial charge < -0.3 is 18.2 Å². The lowest BCUT2D eigenvalue weighted by atomic mass is 10.3. The summed E-state index contributed by atoms with van der Waals surface area (Å²) in [6.07, 6.45) is 0. The van der Waals surface area contributed by atoms with Crippen LogP contribution < -0.4 is 4.90 Å². The van der Waals surface area contributed by atoms with Gasteiger partial charge in [-0.15, -0.1) is 0 Å². The Kier molecular flexibility index (Phi) is 11.6. The number of anilines is 1. The van der Waals surface area contributed by atoms with Crippen LogP contribution in [-0.2, 0) is 13.3 Å². The van der Waals surface area contributed by atoms with Crippen molar-refractivity contribution in [2.45, 2.75) is 20.8 Å². The lowest BCUT2D eigenvalue weighted by Crippen LogP contribution is -2.27. The first kappa shape index (κ1) is 18.1. The van der Waals surface area contributed by atoms with E-state index in [1.807, 2.05) is 53.1 Å². The molecule has 0 spiro atoms. The molecule has 19 heavy (non-hydrogen) atoms. The third-order valence-corrected chi connectivity index (χ3v) is 4.00. The number of hydrogen-bond acceptors (Lipinski definition) is 4. The van der Waals surface area contributed by atoms with Crippen LogP contribution >= 0.6 is 0 Å². The van der Waals surface area contributed by atoms with Crippen molar-refractivity contribution in [2.75, 3.05) is 38.8 Å². The van der Waals surface area contributed by atoms with Crippen LogP contribution in [0.15, 0.2) is 30.3 Å². The monoisotopic (exact) mass is 285 g/mol. The molecule has 0 bridgehead atoms. The highest BCUT2D eigenvalue weighted by Gasteiger charge is 2.11. The Morgan fingerprint density at radius 3 is 1.53 bits per heavy atom. The van der Waals surface area contributed by atoms with Crippen molar-refractivity contribution in [3.63, 3.8) is 0 Å². The van der Waals surface area contributed by atoms with Crippen molar-refractivity contribution in [3.05, 3.63) is 30.3 Å². The molecular formula is C14H27NO3Si. The highest BCUT2D eigenvalue weighted by Crippen LogP contribution is 2.07. The molecule has 0 amide bonds. The zero-order chi connectivity index (χ0) is 14.5. The maximum Gasteiger partial charge on any atom is 0.484 e. The number of benzene rings is 1. The Balaban J connectivity index is 0.000000342. The minimum Gasteiger partial charge on any atom is -0.378 e. The van der Waals surface area contributed by atoms with Crippen LogP contribution in [0.2, 0.25) is 0 Å². The van der Waals surface area contributed by atoms with Gasteiger partial charge in [0.1, 0.15) is 0 Å². The van der Waals surface area contributed by atoms with Gasteiger partial charge in [0.2, 0.25) is 0 Å². The van der Waals surface area contributed by atoms with E-state index in [0.717, 1.165) is 0 Å². The number of rotatable bonds is 7. The lowest BCUT2D eigenvalue weighted by molar-refractivity contribution is 0.107. The van der Waals surface area contributed by atoms with Crippen LogP contribution in [-0.4, -0.2) is 43.4 Å². The molecule has 110 valence electrons. The summed E-state index contributed by atoms with van der Waals surface area (Å²) in [5.74, 6) is 0. The Morgan fingerprint density at radius 2 is 1.26 bits per heavy atom. The third-order valence-electron chi connectivity index (χ3n) is 2.18. The predicted octanol–water partition coefficient (Wildman–Crippen LogP) is 2.57. The fraction of sp³-hybridized carbons (Fsp3) is 0.571. The quantitative estimate of drug-likeness (QED) is 0.721. The van der Waals surface area contributed by atoms with Crippen molar-refractivity contribution in [1.82, 2.24) is 0 Å². The Labute approximate surface area is 119 Å². The molecule has 5 heteroatoms. The highest BCUT2D eigenvalue weighted by molar-refractivity contribution is 6.36. The average molecular weight is 285 g/mol. The van der Waals surface area contributed by atoms with Gasteiger partial charge in [-0.05, 0) is 32.9 Å². The summed E-state index contributed by atoms with van der Waals surface area (Å²) >= 11 is 0. The van der Waals surface area contributed by atoms with Crippen molar-refractivity contribution >= 4 is 15.2 Å². The summed E-state index contributed by atoms with van der Waals surface area (Å²) in [4.78, 5) is 2.08. The number of hydrogen-bond donors (Lipinski definition) is 0. The van der Waals surface area contributed by atoms with E-state index < -0.39 is 9.53 Å². The summed E-state index contributed by atoms with van der Waals surface area (Å²) in [7, 11) is 2.34. The fourth-order valence-electron chi connectivity index (χ4n) is 1.28. The molecule has 0 saturated carbocycles. The first-order valence-electron chi connectivity index (χ1n) is 6.72. The molecule has 0 aliphatic rings. The van der Waals surface area contributed by atoms with Crippen LogP contribution in [0.4, 0.5) is 5.69 Å². The molecular weight excluding hydrogens is 258 g/mol. The first-order valence-corrected chi connectivity index (χ1v) is 8.14. The number of para-hydroxylation sites is 1. The minimum atomic E-state index is -1.73. The van der Waals surface area contributed by atoms with E-state index in [1.54, 1.807) is 0 Å². The summed E-state index contributed by atoms with van der Waals surface area (Å²) in [6.45, 7) is 7.86. The van der Waals surface area contributed by atoms with E-state index in [-0.39, 0.29) is 0 Å². The molecule has 0 aliphatic heterocycles. The molecule has 4 nitrogen and oxygen atoms in total. The van der Waals surface area contributed by atoms with Crippen LogP contribution in [0.1, 0.15) is 20.8 Å². The van der Waals surface area contributed by atoms with E-state index in [9.17, 15) is 0 Å². The van der Waals surface area contributed by atoms with E-state index in [4.69, 9.17) is 13.3 Å². The Hall–Kier alpha value is -0.883. The zero-order valence-electron chi connectivity index (χ0n) is 12.8. The van der Waals surface area contributed by atoms with Crippen LogP contribution in [0.25, 0.3) is 0 Å². The Morgan fingerprint density at radius 1 is 0.842 bits per heavy atom. The van der Waals surface area contributed by atoms with Crippen molar-refractivity contribution in [3.8, 4) is 0 Å². The van der Waals surface area contributed by atoms with Crippen LogP contribution in [0.3, 0.4) is 0 Å². The van der Waals surface area contributed by atoms with Crippen LogP contribution in [0, 0.1) is 0 Å². The van der Waals surface area contributed by atoms with Gasteiger partial charge in [0, 0.05) is 39.6 Å². The van der Waals surface area contributed by atoms with Gasteiger partial charge in [0.15, 0.2) is 0 Å². The van der Waals surface area contributed by atoms with Crippen molar-refractivity contribution in [1.29, 1.82) is 0 Å². The molecule has 0 radical (unpaired) electrons. The molecule has 1 aromatic carbocycles. The lowest BCUT2D eigenvalue weighted by Gasteiger charge is -2.12. The summed E-state index contributed by atoms with van der Waals surface area (Å²) < 4.78 is 15.7. The molecule has 0 unspecified atom stereocenters. The largest absolute Gasteiger partial charge is 0.484 e. The van der Waals surface area contributed by atoms with E-state index in [1.165, 1.54) is 5.69 Å². The predicted molar refractivity (Wildman–Crippen MR) is 82.8 cm³/mol. The minimum absolute atomic E-state index is 0.677. The van der Waals surface area contributed by atoms with Crippen LogP contribution in [0.5, 0.6) is 0 Å². The van der Waals surface area contributed by atoms with Gasteiger partial charge in [-0.25, -0.2) is 0 Å². The summed E-state index contributed by atoms with van der Waals surface area (Å²) in [5.41, 5.74) is 1.25. The second-order valence-electron chi connectivity index (χ2n) is 3.88. The molecule has 0 N–H and O–H groups in total. The van der Waals surface area contributed by atoms with Crippen molar-refractivity contribution < 1.29 is 13.3 Å². The highest BCUT2D eigenvalue weighted by atomic mass is 28.3. The fourth-order valence-corrected chi connectivity index (χ4v) is 2.38. The van der Waals surface area contributed by atoms with Gasteiger partial charge in [-0.3, -0.25) is 0 Å². The number of nitrogens with zero attached hydrogens (tertiary/aromatic N) is 1. The maximum absolute atomic E-state index is 5.22. The van der Waals surface area contributed by atoms with Crippen molar-refractivity contribution in [2.24, 2.45) is 0 Å².